The Bertz CT molecular complexity index is 617. The first kappa shape index (κ1) is 11.7. The molecule has 1 aliphatic carbocycles. The summed E-state index contributed by atoms with van der Waals surface area (Å²) in [6.45, 7) is 0. The molecule has 1 aromatic carbocycles. The van der Waals surface area contributed by atoms with Gasteiger partial charge >= 0.3 is 0 Å². The molecule has 94 valence electrons. The summed E-state index contributed by atoms with van der Waals surface area (Å²) in [6, 6.07) is 4.55. The van der Waals surface area contributed by atoms with Crippen molar-refractivity contribution in [2.75, 3.05) is 5.73 Å². The Morgan fingerprint density at radius 3 is 2.83 bits per heavy atom. The van der Waals surface area contributed by atoms with Gasteiger partial charge in [-0.3, -0.25) is 0 Å². The van der Waals surface area contributed by atoms with Crippen molar-refractivity contribution >= 4 is 21.7 Å². The molecule has 2 N–H and O–H groups in total. The van der Waals surface area contributed by atoms with Gasteiger partial charge in [0.05, 0.1) is 0 Å². The average molecular weight is 310 g/mol. The Hall–Kier alpha value is -1.36. The quantitative estimate of drug-likeness (QED) is 0.923. The van der Waals surface area contributed by atoms with E-state index in [1.807, 2.05) is 11.6 Å². The van der Waals surface area contributed by atoms with E-state index in [0.29, 0.717) is 23.0 Å². The van der Waals surface area contributed by atoms with Gasteiger partial charge < -0.3 is 10.3 Å². The number of hydrogen-bond donors (Lipinski definition) is 1. The summed E-state index contributed by atoms with van der Waals surface area (Å²) in [7, 11) is 1.91. The van der Waals surface area contributed by atoms with Crippen LogP contribution in [0.5, 0.6) is 0 Å². The second kappa shape index (κ2) is 4.09. The maximum Gasteiger partial charge on any atom is 0.131 e. The van der Waals surface area contributed by atoms with E-state index in [9.17, 15) is 4.39 Å². The minimum Gasteiger partial charge on any atom is -0.383 e. The lowest BCUT2D eigenvalue weighted by molar-refractivity contribution is 0.628. The van der Waals surface area contributed by atoms with Gasteiger partial charge in [-0.25, -0.2) is 9.37 Å². The maximum atomic E-state index is 13.3. The van der Waals surface area contributed by atoms with Crippen LogP contribution in [0.3, 0.4) is 0 Å². The highest BCUT2D eigenvalue weighted by Gasteiger charge is 2.30. The number of halogens is 2. The maximum absolute atomic E-state index is 13.3. The number of hydrogen-bond acceptors (Lipinski definition) is 2. The molecule has 1 aromatic heterocycles. The van der Waals surface area contributed by atoms with Gasteiger partial charge in [0.25, 0.3) is 0 Å². The Kier molecular flexibility index (Phi) is 2.66. The predicted molar refractivity (Wildman–Crippen MR) is 72.7 cm³/mol. The second-order valence-corrected chi connectivity index (χ2v) is 5.52. The van der Waals surface area contributed by atoms with Crippen LogP contribution in [0, 0.1) is 5.82 Å². The van der Waals surface area contributed by atoms with Crippen molar-refractivity contribution in [1.82, 2.24) is 9.55 Å². The fourth-order valence-electron chi connectivity index (χ4n) is 2.11. The fourth-order valence-corrected chi connectivity index (χ4v) is 2.55. The molecule has 2 aromatic rings. The minimum absolute atomic E-state index is 0.286. The van der Waals surface area contributed by atoms with Crippen LogP contribution >= 0.6 is 15.9 Å². The lowest BCUT2D eigenvalue weighted by Gasteiger charge is -2.03. The van der Waals surface area contributed by atoms with Crippen molar-refractivity contribution in [2.45, 2.75) is 18.8 Å². The number of nitrogens with zero attached hydrogens (tertiary/aromatic N) is 2. The number of nitrogens with two attached hydrogens (primary N) is 1. The fraction of sp³-hybridized carbons (Fsp3) is 0.308. The van der Waals surface area contributed by atoms with Crippen LogP contribution in [-0.2, 0) is 7.05 Å². The second-order valence-electron chi connectivity index (χ2n) is 4.66. The number of nitrogen functional groups attached to an aromatic ring is 1. The van der Waals surface area contributed by atoms with Crippen LogP contribution in [0.25, 0.3) is 11.3 Å². The van der Waals surface area contributed by atoms with Crippen LogP contribution in [0.1, 0.15) is 24.6 Å². The third-order valence-corrected chi connectivity index (χ3v) is 3.99. The molecule has 1 saturated carbocycles. The average Bonchev–Trinajstić information content (AvgIpc) is 3.13. The van der Waals surface area contributed by atoms with Gasteiger partial charge in [0.15, 0.2) is 0 Å². The Balaban J connectivity index is 2.16. The zero-order valence-electron chi connectivity index (χ0n) is 9.95. The van der Waals surface area contributed by atoms with Gasteiger partial charge in [-0.2, -0.15) is 0 Å². The van der Waals surface area contributed by atoms with Crippen LogP contribution in [0.2, 0.25) is 0 Å². The van der Waals surface area contributed by atoms with Gasteiger partial charge in [0, 0.05) is 23.0 Å². The molecule has 18 heavy (non-hydrogen) atoms. The van der Waals surface area contributed by atoms with Gasteiger partial charge in [0.2, 0.25) is 0 Å². The number of benzene rings is 1. The van der Waals surface area contributed by atoms with E-state index < -0.39 is 0 Å². The molecule has 0 aliphatic heterocycles. The molecule has 0 radical (unpaired) electrons. The smallest absolute Gasteiger partial charge is 0.131 e. The standard InChI is InChI=1S/C13H13BrFN3/c1-18-12(16)11(17-13(18)7-2-3-7)9-6-8(15)4-5-10(9)14/h4-7H,2-3,16H2,1H3. The molecule has 3 rings (SSSR count). The van der Waals surface area contributed by atoms with E-state index in [4.69, 9.17) is 5.73 Å². The molecule has 1 heterocycles. The molecular weight excluding hydrogens is 297 g/mol. The van der Waals surface area contributed by atoms with E-state index in [2.05, 4.69) is 20.9 Å². The SMILES string of the molecule is Cn1c(C2CC2)nc(-c2cc(F)ccc2Br)c1N. The Labute approximate surface area is 113 Å². The first-order valence-electron chi connectivity index (χ1n) is 5.85. The summed E-state index contributed by atoms with van der Waals surface area (Å²) in [5, 5.41) is 0. The first-order chi connectivity index (χ1) is 8.58. The van der Waals surface area contributed by atoms with Crippen molar-refractivity contribution in [3.63, 3.8) is 0 Å². The van der Waals surface area contributed by atoms with Crippen LogP contribution in [0.4, 0.5) is 10.2 Å². The zero-order valence-corrected chi connectivity index (χ0v) is 11.5. The summed E-state index contributed by atoms with van der Waals surface area (Å²) in [4.78, 5) is 4.58. The highest BCUT2D eigenvalue weighted by atomic mass is 79.9. The third kappa shape index (κ3) is 1.82. The number of imidazole rings is 1. The molecule has 0 unspecified atom stereocenters. The number of anilines is 1. The molecule has 5 heteroatoms. The Morgan fingerprint density at radius 1 is 1.44 bits per heavy atom. The molecule has 0 saturated heterocycles. The first-order valence-corrected chi connectivity index (χ1v) is 6.64. The van der Waals surface area contributed by atoms with Crippen LogP contribution in [0.15, 0.2) is 22.7 Å². The van der Waals surface area contributed by atoms with E-state index in [-0.39, 0.29) is 5.82 Å². The predicted octanol–water partition coefficient (Wildman–Crippen LogP) is 3.45. The molecule has 0 spiro atoms. The molecule has 0 amide bonds. The monoisotopic (exact) mass is 309 g/mol. The van der Waals surface area contributed by atoms with Crippen LogP contribution in [-0.4, -0.2) is 9.55 Å². The molecule has 1 fully saturated rings. The number of rotatable bonds is 2. The Morgan fingerprint density at radius 2 is 2.17 bits per heavy atom. The number of aromatic nitrogens is 2. The molecule has 1 aliphatic rings. The van der Waals surface area contributed by atoms with E-state index in [0.717, 1.165) is 23.1 Å². The van der Waals surface area contributed by atoms with E-state index in [1.165, 1.54) is 12.1 Å². The zero-order chi connectivity index (χ0) is 12.9. The van der Waals surface area contributed by atoms with Crippen LogP contribution < -0.4 is 5.73 Å². The van der Waals surface area contributed by atoms with Crippen molar-refractivity contribution in [3.8, 4) is 11.3 Å². The summed E-state index contributed by atoms with van der Waals surface area (Å²) in [5.74, 6) is 1.81. The van der Waals surface area contributed by atoms with Crippen molar-refractivity contribution in [1.29, 1.82) is 0 Å². The van der Waals surface area contributed by atoms with Gasteiger partial charge in [-0.1, -0.05) is 15.9 Å². The molecule has 3 nitrogen and oxygen atoms in total. The van der Waals surface area contributed by atoms with E-state index in [1.54, 1.807) is 6.07 Å². The highest BCUT2D eigenvalue weighted by Crippen LogP contribution is 2.42. The van der Waals surface area contributed by atoms with Crippen molar-refractivity contribution in [2.24, 2.45) is 7.05 Å². The van der Waals surface area contributed by atoms with Crippen molar-refractivity contribution < 1.29 is 4.39 Å². The van der Waals surface area contributed by atoms with Gasteiger partial charge in [-0.05, 0) is 31.0 Å². The molecule has 0 bridgehead atoms. The van der Waals surface area contributed by atoms with Gasteiger partial charge in [-0.15, -0.1) is 0 Å². The summed E-state index contributed by atoms with van der Waals surface area (Å²) in [5.41, 5.74) is 7.44. The lowest BCUT2D eigenvalue weighted by Crippen LogP contribution is -2.00. The van der Waals surface area contributed by atoms with Crippen molar-refractivity contribution in [3.05, 3.63) is 34.3 Å². The highest BCUT2D eigenvalue weighted by molar-refractivity contribution is 9.10. The minimum atomic E-state index is -0.286. The topological polar surface area (TPSA) is 43.8 Å². The summed E-state index contributed by atoms with van der Waals surface area (Å²) in [6.07, 6.45) is 2.32. The largest absolute Gasteiger partial charge is 0.383 e. The van der Waals surface area contributed by atoms with E-state index >= 15 is 0 Å². The molecular formula is C13H13BrFN3. The van der Waals surface area contributed by atoms with Gasteiger partial charge in [0.1, 0.15) is 23.2 Å². The summed E-state index contributed by atoms with van der Waals surface area (Å²) < 4.78 is 16.1. The summed E-state index contributed by atoms with van der Waals surface area (Å²) >= 11 is 3.42. The molecule has 0 atom stereocenters. The third-order valence-electron chi connectivity index (χ3n) is 3.30. The lowest BCUT2D eigenvalue weighted by atomic mass is 10.1. The normalized spacial score (nSPS) is 15.1.